The van der Waals surface area contributed by atoms with Crippen LogP contribution in [0.3, 0.4) is 0 Å². The van der Waals surface area contributed by atoms with Crippen LogP contribution < -0.4 is 10.6 Å². The highest BCUT2D eigenvalue weighted by molar-refractivity contribution is 5.99. The van der Waals surface area contributed by atoms with Gasteiger partial charge in [-0.15, -0.1) is 0 Å². The second kappa shape index (κ2) is 5.01. The first-order chi connectivity index (χ1) is 8.59. The maximum absolute atomic E-state index is 11.3. The maximum Gasteiger partial charge on any atom is 0.271 e. The van der Waals surface area contributed by atoms with Crippen LogP contribution in [0.1, 0.15) is 10.4 Å². The molecule has 1 aromatic rings. The van der Waals surface area contributed by atoms with E-state index >= 15 is 0 Å². The van der Waals surface area contributed by atoms with Crippen molar-refractivity contribution < 1.29 is 14.5 Å². The first kappa shape index (κ1) is 12.3. The van der Waals surface area contributed by atoms with Crippen LogP contribution >= 0.6 is 0 Å². The number of rotatable bonds is 3. The highest BCUT2D eigenvalue weighted by atomic mass is 16.6. The molecule has 1 aliphatic heterocycles. The minimum atomic E-state index is -0.591. The third-order valence-corrected chi connectivity index (χ3v) is 2.81. The summed E-state index contributed by atoms with van der Waals surface area (Å²) in [5, 5.41) is 10.8. The van der Waals surface area contributed by atoms with Crippen LogP contribution in [0.5, 0.6) is 0 Å². The Hall–Kier alpha value is -2.15. The van der Waals surface area contributed by atoms with E-state index in [9.17, 15) is 14.9 Å². The fraction of sp³-hybridized carbons (Fsp3) is 0.364. The number of amides is 1. The second-order valence-corrected chi connectivity index (χ2v) is 3.92. The molecule has 1 heterocycles. The number of nitrogens with two attached hydrogens (primary N) is 1. The first-order valence-corrected chi connectivity index (χ1v) is 5.50. The number of carbonyl (C=O) groups is 1. The molecule has 2 N–H and O–H groups in total. The van der Waals surface area contributed by atoms with Gasteiger partial charge in [0.25, 0.3) is 11.6 Å². The zero-order chi connectivity index (χ0) is 13.1. The Morgan fingerprint density at radius 2 is 2.06 bits per heavy atom. The van der Waals surface area contributed by atoms with E-state index in [0.29, 0.717) is 37.6 Å². The number of hydrogen-bond acceptors (Lipinski definition) is 5. The molecule has 1 aromatic carbocycles. The van der Waals surface area contributed by atoms with E-state index in [4.69, 9.17) is 10.5 Å². The van der Waals surface area contributed by atoms with E-state index < -0.39 is 10.8 Å². The summed E-state index contributed by atoms with van der Waals surface area (Å²) in [6, 6.07) is 4.06. The summed E-state index contributed by atoms with van der Waals surface area (Å²) < 4.78 is 5.21. The van der Waals surface area contributed by atoms with Gasteiger partial charge in [-0.05, 0) is 6.07 Å². The summed E-state index contributed by atoms with van der Waals surface area (Å²) >= 11 is 0. The van der Waals surface area contributed by atoms with E-state index in [0.717, 1.165) is 0 Å². The van der Waals surface area contributed by atoms with Crippen molar-refractivity contribution in [1.82, 2.24) is 0 Å². The predicted octanol–water partition coefficient (Wildman–Crippen LogP) is 0.530. The lowest BCUT2D eigenvalue weighted by Crippen LogP contribution is -2.37. The molecule has 0 atom stereocenters. The van der Waals surface area contributed by atoms with Crippen molar-refractivity contribution in [3.05, 3.63) is 33.9 Å². The Bertz CT molecular complexity index is 483. The molecule has 0 saturated carbocycles. The van der Waals surface area contributed by atoms with Crippen LogP contribution in [-0.2, 0) is 4.74 Å². The molecule has 96 valence electrons. The Balaban J connectivity index is 2.42. The van der Waals surface area contributed by atoms with Crippen molar-refractivity contribution in [2.24, 2.45) is 5.73 Å². The number of morpholine rings is 1. The van der Waals surface area contributed by atoms with Crippen molar-refractivity contribution >= 4 is 17.3 Å². The molecule has 0 aliphatic carbocycles. The predicted molar refractivity (Wildman–Crippen MR) is 64.6 cm³/mol. The van der Waals surface area contributed by atoms with E-state index in [1.54, 1.807) is 0 Å². The standard InChI is InChI=1S/C11H13N3O4/c12-11(15)9-2-1-8(14(16)17)7-10(9)13-3-5-18-6-4-13/h1-2,7H,3-6H2,(H2,12,15). The molecule has 0 radical (unpaired) electrons. The fourth-order valence-corrected chi connectivity index (χ4v) is 1.91. The SMILES string of the molecule is NC(=O)c1ccc([N+](=O)[O-])cc1N1CCOCC1. The number of primary amides is 1. The van der Waals surface area contributed by atoms with Gasteiger partial charge in [0, 0.05) is 25.2 Å². The topological polar surface area (TPSA) is 98.7 Å². The van der Waals surface area contributed by atoms with Gasteiger partial charge in [-0.1, -0.05) is 0 Å². The highest BCUT2D eigenvalue weighted by Gasteiger charge is 2.20. The van der Waals surface area contributed by atoms with Crippen molar-refractivity contribution in [3.8, 4) is 0 Å². The van der Waals surface area contributed by atoms with E-state index in [-0.39, 0.29) is 5.69 Å². The van der Waals surface area contributed by atoms with E-state index in [1.807, 2.05) is 4.90 Å². The zero-order valence-corrected chi connectivity index (χ0v) is 9.67. The molecule has 1 aliphatic rings. The fourth-order valence-electron chi connectivity index (χ4n) is 1.91. The van der Waals surface area contributed by atoms with Gasteiger partial charge in [-0.25, -0.2) is 0 Å². The molecule has 0 bridgehead atoms. The monoisotopic (exact) mass is 251 g/mol. The number of nitrogens with zero attached hydrogens (tertiary/aromatic N) is 2. The number of benzene rings is 1. The van der Waals surface area contributed by atoms with Crippen LogP contribution in [0.4, 0.5) is 11.4 Å². The van der Waals surface area contributed by atoms with Gasteiger partial charge in [0.2, 0.25) is 0 Å². The Kier molecular flexibility index (Phi) is 3.42. The molecule has 7 heteroatoms. The number of carbonyl (C=O) groups excluding carboxylic acids is 1. The van der Waals surface area contributed by atoms with Gasteiger partial charge in [0.15, 0.2) is 0 Å². The second-order valence-electron chi connectivity index (χ2n) is 3.92. The zero-order valence-electron chi connectivity index (χ0n) is 9.67. The van der Waals surface area contributed by atoms with Crippen molar-refractivity contribution in [3.63, 3.8) is 0 Å². The van der Waals surface area contributed by atoms with Crippen molar-refractivity contribution in [2.75, 3.05) is 31.2 Å². The number of hydrogen-bond donors (Lipinski definition) is 1. The lowest BCUT2D eigenvalue weighted by atomic mass is 10.1. The summed E-state index contributed by atoms with van der Waals surface area (Å²) in [7, 11) is 0. The van der Waals surface area contributed by atoms with Crippen molar-refractivity contribution in [2.45, 2.75) is 0 Å². The molecular weight excluding hydrogens is 238 g/mol. The third-order valence-electron chi connectivity index (χ3n) is 2.81. The molecule has 7 nitrogen and oxygen atoms in total. The summed E-state index contributed by atoms with van der Waals surface area (Å²) in [5.41, 5.74) is 6.02. The molecule has 1 amide bonds. The van der Waals surface area contributed by atoms with Gasteiger partial charge >= 0.3 is 0 Å². The largest absolute Gasteiger partial charge is 0.378 e. The minimum absolute atomic E-state index is 0.0542. The molecule has 0 spiro atoms. The van der Waals surface area contributed by atoms with Crippen LogP contribution in [0.25, 0.3) is 0 Å². The summed E-state index contributed by atoms with van der Waals surface area (Å²) in [4.78, 5) is 23.5. The van der Waals surface area contributed by atoms with Crippen LogP contribution in [0.2, 0.25) is 0 Å². The molecule has 1 fully saturated rings. The Morgan fingerprint density at radius 3 is 2.61 bits per heavy atom. The molecule has 0 unspecified atom stereocenters. The highest BCUT2D eigenvalue weighted by Crippen LogP contribution is 2.26. The van der Waals surface area contributed by atoms with E-state index in [2.05, 4.69) is 0 Å². The average molecular weight is 251 g/mol. The molecule has 1 saturated heterocycles. The number of nitro groups is 1. The smallest absolute Gasteiger partial charge is 0.271 e. The quantitative estimate of drug-likeness (QED) is 0.624. The number of ether oxygens (including phenoxy) is 1. The third kappa shape index (κ3) is 2.40. The first-order valence-electron chi connectivity index (χ1n) is 5.50. The van der Waals surface area contributed by atoms with Gasteiger partial charge < -0.3 is 15.4 Å². The van der Waals surface area contributed by atoms with E-state index in [1.165, 1.54) is 18.2 Å². The lowest BCUT2D eigenvalue weighted by molar-refractivity contribution is -0.384. The van der Waals surface area contributed by atoms with Gasteiger partial charge in [-0.3, -0.25) is 14.9 Å². The molecular formula is C11H13N3O4. The van der Waals surface area contributed by atoms with Crippen LogP contribution in [-0.4, -0.2) is 37.1 Å². The Morgan fingerprint density at radius 1 is 1.39 bits per heavy atom. The Labute approximate surface area is 103 Å². The summed E-state index contributed by atoms with van der Waals surface area (Å²) in [6.07, 6.45) is 0. The van der Waals surface area contributed by atoms with Crippen LogP contribution in [0, 0.1) is 10.1 Å². The minimum Gasteiger partial charge on any atom is -0.378 e. The summed E-state index contributed by atoms with van der Waals surface area (Å²) in [5.74, 6) is -0.591. The average Bonchev–Trinajstić information content (AvgIpc) is 2.39. The maximum atomic E-state index is 11.3. The number of nitro benzene ring substituents is 1. The summed E-state index contributed by atoms with van der Waals surface area (Å²) in [6.45, 7) is 2.23. The number of anilines is 1. The van der Waals surface area contributed by atoms with Crippen LogP contribution in [0.15, 0.2) is 18.2 Å². The molecule has 0 aromatic heterocycles. The van der Waals surface area contributed by atoms with Gasteiger partial charge in [0.1, 0.15) is 0 Å². The van der Waals surface area contributed by atoms with Gasteiger partial charge in [-0.2, -0.15) is 0 Å². The normalized spacial score (nSPS) is 15.4. The molecule has 18 heavy (non-hydrogen) atoms. The van der Waals surface area contributed by atoms with Crippen molar-refractivity contribution in [1.29, 1.82) is 0 Å². The lowest BCUT2D eigenvalue weighted by Gasteiger charge is -2.29. The number of non-ortho nitro benzene ring substituents is 1. The molecule has 2 rings (SSSR count). The van der Waals surface area contributed by atoms with Gasteiger partial charge in [0.05, 0.1) is 29.4 Å².